The van der Waals surface area contributed by atoms with Gasteiger partial charge < -0.3 is 21.4 Å². The maximum atomic E-state index is 12.3. The Kier molecular flexibility index (Phi) is 4.71. The highest BCUT2D eigenvalue weighted by atomic mass is 35.5. The van der Waals surface area contributed by atoms with Gasteiger partial charge in [-0.1, -0.05) is 17.7 Å². The van der Waals surface area contributed by atoms with Crippen molar-refractivity contribution in [2.24, 2.45) is 5.84 Å². The lowest BCUT2D eigenvalue weighted by Gasteiger charge is -2.48. The fourth-order valence-corrected chi connectivity index (χ4v) is 4.26. The molecule has 1 amide bonds. The van der Waals surface area contributed by atoms with Crippen molar-refractivity contribution < 1.29 is 4.79 Å². The zero-order valence-electron chi connectivity index (χ0n) is 13.9. The molecule has 6 N–H and O–H groups in total. The normalized spacial score (nSPS) is 29.8. The summed E-state index contributed by atoms with van der Waals surface area (Å²) in [5, 5.41) is 10.5. The van der Waals surface area contributed by atoms with Crippen molar-refractivity contribution in [1.29, 1.82) is 0 Å². The minimum absolute atomic E-state index is 0.00753. The molecule has 24 heavy (non-hydrogen) atoms. The first kappa shape index (κ1) is 17.1. The molecule has 1 aromatic rings. The summed E-state index contributed by atoms with van der Waals surface area (Å²) in [6, 6.07) is 6.08. The van der Waals surface area contributed by atoms with Gasteiger partial charge in [-0.2, -0.15) is 0 Å². The Morgan fingerprint density at radius 2 is 2.25 bits per heavy atom. The molecule has 0 radical (unpaired) electrons. The van der Waals surface area contributed by atoms with E-state index in [9.17, 15) is 4.79 Å². The van der Waals surface area contributed by atoms with Crippen LogP contribution in [0.3, 0.4) is 0 Å². The zero-order valence-corrected chi connectivity index (χ0v) is 14.7. The number of hydrogen-bond acceptors (Lipinski definition) is 5. The highest BCUT2D eigenvalue weighted by molar-refractivity contribution is 6.30. The number of nitrogens with two attached hydrogens (primary N) is 1. The van der Waals surface area contributed by atoms with Gasteiger partial charge in [-0.15, -0.1) is 0 Å². The Hall–Kier alpha value is -1.76. The molecule has 3 rings (SSSR count). The molecule has 1 saturated heterocycles. The van der Waals surface area contributed by atoms with Crippen LogP contribution in [0.1, 0.15) is 30.9 Å². The van der Waals surface area contributed by atoms with Gasteiger partial charge >= 0.3 is 0 Å². The van der Waals surface area contributed by atoms with Gasteiger partial charge in [0, 0.05) is 24.3 Å². The second-order valence-corrected chi connectivity index (χ2v) is 7.11. The van der Waals surface area contributed by atoms with Crippen molar-refractivity contribution in [3.63, 3.8) is 0 Å². The van der Waals surface area contributed by atoms with E-state index >= 15 is 0 Å². The van der Waals surface area contributed by atoms with E-state index in [4.69, 9.17) is 17.4 Å². The van der Waals surface area contributed by atoms with E-state index in [-0.39, 0.29) is 18.0 Å². The fourth-order valence-electron chi connectivity index (χ4n) is 4.06. The molecule has 3 atom stereocenters. The quantitative estimate of drug-likeness (QED) is 0.412. The molecule has 7 heteroatoms. The van der Waals surface area contributed by atoms with E-state index in [0.29, 0.717) is 11.4 Å². The lowest BCUT2D eigenvalue weighted by molar-refractivity contribution is -0.124. The van der Waals surface area contributed by atoms with Gasteiger partial charge in [-0.25, -0.2) is 0 Å². The summed E-state index contributed by atoms with van der Waals surface area (Å²) in [4.78, 5) is 12.3. The third-order valence-electron chi connectivity index (χ3n) is 4.85. The van der Waals surface area contributed by atoms with Crippen LogP contribution >= 0.6 is 11.6 Å². The molecular weight excluding hydrogens is 326 g/mol. The number of rotatable bonds is 3. The molecule has 130 valence electrons. The molecule has 0 aliphatic carbocycles. The van der Waals surface area contributed by atoms with Crippen LogP contribution in [0, 0.1) is 0 Å². The first-order chi connectivity index (χ1) is 11.5. The number of piperidine rings is 1. The van der Waals surface area contributed by atoms with Crippen LogP contribution in [0.25, 0.3) is 0 Å². The lowest BCUT2D eigenvalue weighted by Crippen LogP contribution is -2.62. The smallest absolute Gasteiger partial charge is 0.225 e. The summed E-state index contributed by atoms with van der Waals surface area (Å²) < 4.78 is 0. The number of carbonyl (C=O) groups excluding carboxylic acids is 1. The van der Waals surface area contributed by atoms with E-state index in [1.165, 1.54) is 0 Å². The molecule has 0 saturated carbocycles. The lowest BCUT2D eigenvalue weighted by atomic mass is 9.71. The van der Waals surface area contributed by atoms with Gasteiger partial charge in [0.15, 0.2) is 0 Å². The SMILES string of the molecule is CN/C=C(\NN)[C@@H]1CC2(C[C@H](C)N1)NC(=O)Cc1cc(Cl)ccc12. The molecule has 1 fully saturated rings. The summed E-state index contributed by atoms with van der Waals surface area (Å²) in [6.07, 6.45) is 3.76. The van der Waals surface area contributed by atoms with Crippen molar-refractivity contribution >= 4 is 17.5 Å². The first-order valence-electron chi connectivity index (χ1n) is 8.17. The van der Waals surface area contributed by atoms with Crippen LogP contribution in [-0.2, 0) is 16.8 Å². The molecular formula is C17H24ClN5O. The van der Waals surface area contributed by atoms with E-state index in [2.05, 4.69) is 28.3 Å². The third-order valence-corrected chi connectivity index (χ3v) is 5.08. The number of carbonyl (C=O) groups is 1. The number of benzene rings is 1. The number of halogens is 1. The van der Waals surface area contributed by atoms with E-state index in [0.717, 1.165) is 29.7 Å². The number of hydrogen-bond donors (Lipinski definition) is 5. The molecule has 0 bridgehead atoms. The Balaban J connectivity index is 2.03. The molecule has 1 spiro atoms. The molecule has 2 heterocycles. The summed E-state index contributed by atoms with van der Waals surface area (Å²) in [6.45, 7) is 2.12. The van der Waals surface area contributed by atoms with E-state index < -0.39 is 5.54 Å². The maximum Gasteiger partial charge on any atom is 0.225 e. The molecule has 6 nitrogen and oxygen atoms in total. The highest BCUT2D eigenvalue weighted by Crippen LogP contribution is 2.41. The predicted octanol–water partition coefficient (Wildman–Crippen LogP) is 0.872. The van der Waals surface area contributed by atoms with Gasteiger partial charge in [0.2, 0.25) is 5.91 Å². The summed E-state index contributed by atoms with van der Waals surface area (Å²) in [5.74, 6) is 5.73. The Bertz CT molecular complexity index is 677. The zero-order chi connectivity index (χ0) is 17.3. The first-order valence-corrected chi connectivity index (χ1v) is 8.55. The van der Waals surface area contributed by atoms with E-state index in [1.54, 1.807) is 0 Å². The van der Waals surface area contributed by atoms with Crippen LogP contribution < -0.4 is 27.2 Å². The van der Waals surface area contributed by atoms with Gasteiger partial charge in [0.25, 0.3) is 0 Å². The van der Waals surface area contributed by atoms with Crippen LogP contribution in [0.4, 0.5) is 0 Å². The average molecular weight is 350 g/mol. The number of hydrazine groups is 1. The predicted molar refractivity (Wildman–Crippen MR) is 95.1 cm³/mol. The highest BCUT2D eigenvalue weighted by Gasteiger charge is 2.45. The fraction of sp³-hybridized carbons (Fsp3) is 0.471. The van der Waals surface area contributed by atoms with Crippen molar-refractivity contribution in [2.75, 3.05) is 7.05 Å². The molecule has 2 aliphatic heterocycles. The van der Waals surface area contributed by atoms with Crippen molar-refractivity contribution in [2.45, 2.75) is 43.8 Å². The summed E-state index contributed by atoms with van der Waals surface area (Å²) >= 11 is 6.14. The van der Waals surface area contributed by atoms with Gasteiger partial charge in [-0.05, 0) is 43.0 Å². The topological polar surface area (TPSA) is 91.2 Å². The number of fused-ring (bicyclic) bond motifs is 2. The monoisotopic (exact) mass is 349 g/mol. The number of nitrogens with one attached hydrogen (secondary N) is 4. The van der Waals surface area contributed by atoms with Crippen molar-refractivity contribution in [3.8, 4) is 0 Å². The summed E-state index contributed by atoms with van der Waals surface area (Å²) in [7, 11) is 1.83. The van der Waals surface area contributed by atoms with Gasteiger partial charge in [0.1, 0.15) is 0 Å². The van der Waals surface area contributed by atoms with Crippen molar-refractivity contribution in [1.82, 2.24) is 21.4 Å². The second kappa shape index (κ2) is 6.63. The summed E-state index contributed by atoms with van der Waals surface area (Å²) in [5.41, 5.74) is 5.38. The van der Waals surface area contributed by atoms with Crippen LogP contribution in [0.2, 0.25) is 5.02 Å². The van der Waals surface area contributed by atoms with Gasteiger partial charge in [0.05, 0.1) is 23.7 Å². The van der Waals surface area contributed by atoms with E-state index in [1.807, 2.05) is 31.4 Å². The van der Waals surface area contributed by atoms with Crippen LogP contribution in [-0.4, -0.2) is 25.0 Å². The number of amides is 1. The third kappa shape index (κ3) is 3.09. The molecule has 1 aromatic carbocycles. The maximum absolute atomic E-state index is 12.3. The Labute approximate surface area is 147 Å². The molecule has 0 aromatic heterocycles. The van der Waals surface area contributed by atoms with Gasteiger partial charge in [-0.3, -0.25) is 10.6 Å². The second-order valence-electron chi connectivity index (χ2n) is 6.67. The minimum Gasteiger partial charge on any atom is -0.392 e. The van der Waals surface area contributed by atoms with Crippen LogP contribution in [0.5, 0.6) is 0 Å². The standard InChI is InChI=1S/C17H24ClN5O/c1-10-7-17(8-14(21-10)15(23-19)9-20-2)13-4-3-12(18)5-11(13)6-16(24)22-17/h3-5,9-10,14,20-21,23H,6-8,19H2,1-2H3,(H,22,24)/b15-9-/t10-,14-,17?/m0/s1. The molecule has 1 unspecified atom stereocenters. The largest absolute Gasteiger partial charge is 0.392 e. The van der Waals surface area contributed by atoms with Crippen LogP contribution in [0.15, 0.2) is 30.1 Å². The molecule has 2 aliphatic rings. The Morgan fingerprint density at radius 1 is 1.46 bits per heavy atom. The average Bonchev–Trinajstić information content (AvgIpc) is 2.51. The minimum atomic E-state index is -0.408. The Morgan fingerprint density at radius 3 is 2.96 bits per heavy atom. The van der Waals surface area contributed by atoms with Crippen molar-refractivity contribution in [3.05, 3.63) is 46.2 Å².